The number of sulfonamides is 1. The maximum absolute atomic E-state index is 12.6. The van der Waals surface area contributed by atoms with E-state index in [9.17, 15) is 8.42 Å². The molecule has 7 heteroatoms. The highest BCUT2D eigenvalue weighted by molar-refractivity contribution is 7.89. The van der Waals surface area contributed by atoms with Gasteiger partial charge in [-0.25, -0.2) is 8.42 Å². The molecule has 1 N–H and O–H groups in total. The number of likely N-dealkylation sites (N-methyl/N-ethyl adjacent to an activating group) is 2. The van der Waals surface area contributed by atoms with E-state index in [0.29, 0.717) is 28.9 Å². The van der Waals surface area contributed by atoms with Gasteiger partial charge < -0.3 is 4.90 Å². The third-order valence-corrected chi connectivity index (χ3v) is 5.96. The van der Waals surface area contributed by atoms with Crippen LogP contribution in [0.5, 0.6) is 0 Å². The Bertz CT molecular complexity index is 533. The fourth-order valence-electron chi connectivity index (χ4n) is 2.68. The molecular weight excluding hydrogens is 264 g/mol. The Balaban J connectivity index is 2.20. The van der Waals surface area contributed by atoms with Crippen LogP contribution in [-0.4, -0.2) is 61.0 Å². The quantitative estimate of drug-likeness (QED) is 0.886. The van der Waals surface area contributed by atoms with E-state index in [1.807, 2.05) is 7.05 Å². The molecule has 0 spiro atoms. The van der Waals surface area contributed by atoms with Gasteiger partial charge in [0.05, 0.1) is 11.4 Å². The van der Waals surface area contributed by atoms with Crippen molar-refractivity contribution < 1.29 is 8.42 Å². The molecular formula is C12H22N4O2S. The van der Waals surface area contributed by atoms with Crippen molar-refractivity contribution in [1.29, 1.82) is 0 Å². The monoisotopic (exact) mass is 286 g/mol. The highest BCUT2D eigenvalue weighted by Gasteiger charge is 2.31. The third kappa shape index (κ3) is 2.68. The summed E-state index contributed by atoms with van der Waals surface area (Å²) in [7, 11) is 0.239. The van der Waals surface area contributed by atoms with Crippen LogP contribution in [0.1, 0.15) is 24.2 Å². The highest BCUT2D eigenvalue weighted by atomic mass is 32.2. The number of aryl methyl sites for hydroxylation is 2. The first-order valence-corrected chi connectivity index (χ1v) is 7.96. The molecule has 2 rings (SSSR count). The molecule has 2 heterocycles. The number of nitrogens with zero attached hydrogens (tertiary/aromatic N) is 3. The minimum atomic E-state index is -3.45. The maximum atomic E-state index is 12.6. The van der Waals surface area contributed by atoms with Gasteiger partial charge in [0.15, 0.2) is 0 Å². The van der Waals surface area contributed by atoms with Crippen molar-refractivity contribution in [2.75, 3.05) is 27.2 Å². The van der Waals surface area contributed by atoms with Crippen LogP contribution in [0.3, 0.4) is 0 Å². The van der Waals surface area contributed by atoms with E-state index in [2.05, 4.69) is 15.1 Å². The summed E-state index contributed by atoms with van der Waals surface area (Å²) in [4.78, 5) is 2.54. The van der Waals surface area contributed by atoms with Crippen LogP contribution < -0.4 is 0 Å². The first-order valence-electron chi connectivity index (χ1n) is 6.52. The number of likely N-dealkylation sites (tertiary alicyclic amines) is 1. The minimum Gasteiger partial charge on any atom is -0.302 e. The van der Waals surface area contributed by atoms with Gasteiger partial charge in [-0.15, -0.1) is 0 Å². The summed E-state index contributed by atoms with van der Waals surface area (Å²) in [5, 5.41) is 6.70. The van der Waals surface area contributed by atoms with Crippen molar-refractivity contribution >= 4 is 10.0 Å². The van der Waals surface area contributed by atoms with E-state index in [1.54, 1.807) is 20.9 Å². The average Bonchev–Trinajstić information content (AvgIpc) is 2.86. The van der Waals surface area contributed by atoms with Crippen molar-refractivity contribution in [3.8, 4) is 0 Å². The number of H-pyrrole nitrogens is 1. The number of aromatic amines is 1. The summed E-state index contributed by atoms with van der Waals surface area (Å²) < 4.78 is 26.6. The van der Waals surface area contributed by atoms with E-state index < -0.39 is 10.0 Å². The van der Waals surface area contributed by atoms with Gasteiger partial charge in [0.25, 0.3) is 0 Å². The molecule has 1 saturated heterocycles. The Morgan fingerprint density at radius 1 is 1.47 bits per heavy atom. The Hall–Kier alpha value is -0.920. The molecule has 0 amide bonds. The summed E-state index contributed by atoms with van der Waals surface area (Å²) in [5.41, 5.74) is 1.13. The second-order valence-corrected chi connectivity index (χ2v) is 7.31. The molecule has 0 aromatic carbocycles. The van der Waals surface area contributed by atoms with Gasteiger partial charge in [-0.1, -0.05) is 0 Å². The van der Waals surface area contributed by atoms with Crippen LogP contribution in [0.25, 0.3) is 0 Å². The van der Waals surface area contributed by atoms with E-state index >= 15 is 0 Å². The Kier molecular flexibility index (Phi) is 3.98. The molecule has 1 aromatic rings. The molecule has 1 aliphatic rings. The van der Waals surface area contributed by atoms with Crippen LogP contribution in [0.15, 0.2) is 4.90 Å². The van der Waals surface area contributed by atoms with E-state index in [0.717, 1.165) is 19.4 Å². The second kappa shape index (κ2) is 5.22. The topological polar surface area (TPSA) is 69.3 Å². The summed E-state index contributed by atoms with van der Waals surface area (Å²) in [6.07, 6.45) is 2.19. The Labute approximate surface area is 114 Å². The number of hydrogen-bond donors (Lipinski definition) is 1. The van der Waals surface area contributed by atoms with Crippen LogP contribution in [0.4, 0.5) is 0 Å². The lowest BCUT2D eigenvalue weighted by Gasteiger charge is -2.25. The smallest absolute Gasteiger partial charge is 0.246 e. The number of hydrogen-bond acceptors (Lipinski definition) is 4. The van der Waals surface area contributed by atoms with Gasteiger partial charge in [-0.05, 0) is 40.3 Å². The van der Waals surface area contributed by atoms with Crippen molar-refractivity contribution in [1.82, 2.24) is 19.4 Å². The molecule has 19 heavy (non-hydrogen) atoms. The lowest BCUT2D eigenvalue weighted by atomic mass is 10.2. The molecule has 1 unspecified atom stereocenters. The van der Waals surface area contributed by atoms with Crippen LogP contribution in [0.2, 0.25) is 0 Å². The molecule has 6 nitrogen and oxygen atoms in total. The Morgan fingerprint density at radius 2 is 2.16 bits per heavy atom. The standard InChI is InChI=1S/C12H22N4O2S/c1-9-12(10(2)14-13-9)19(17,18)16(4)8-11-6-5-7-15(11)3/h11H,5-8H2,1-4H3,(H,13,14). The fraction of sp³-hybridized carbons (Fsp3) is 0.750. The Morgan fingerprint density at radius 3 is 2.63 bits per heavy atom. The van der Waals surface area contributed by atoms with Gasteiger partial charge >= 0.3 is 0 Å². The van der Waals surface area contributed by atoms with Crippen molar-refractivity contribution in [2.24, 2.45) is 0 Å². The van der Waals surface area contributed by atoms with Crippen molar-refractivity contribution in [3.63, 3.8) is 0 Å². The summed E-state index contributed by atoms with van der Waals surface area (Å²) >= 11 is 0. The van der Waals surface area contributed by atoms with Crippen LogP contribution in [-0.2, 0) is 10.0 Å². The number of rotatable bonds is 4. The molecule has 108 valence electrons. The lowest BCUT2D eigenvalue weighted by molar-refractivity contribution is 0.271. The molecule has 0 bridgehead atoms. The number of nitrogens with one attached hydrogen (secondary N) is 1. The zero-order valence-corrected chi connectivity index (χ0v) is 12.8. The zero-order valence-electron chi connectivity index (χ0n) is 12.0. The molecule has 0 saturated carbocycles. The van der Waals surface area contributed by atoms with Crippen LogP contribution in [0, 0.1) is 13.8 Å². The van der Waals surface area contributed by atoms with Gasteiger partial charge in [0.2, 0.25) is 10.0 Å². The summed E-state index contributed by atoms with van der Waals surface area (Å²) in [6.45, 7) is 5.03. The van der Waals surface area contributed by atoms with E-state index in [4.69, 9.17) is 0 Å². The normalized spacial score (nSPS) is 21.4. The van der Waals surface area contributed by atoms with Crippen molar-refractivity contribution in [2.45, 2.75) is 37.6 Å². The second-order valence-electron chi connectivity index (χ2n) is 5.33. The molecule has 1 atom stereocenters. The van der Waals surface area contributed by atoms with Gasteiger partial charge in [0, 0.05) is 19.6 Å². The fourth-order valence-corrected chi connectivity index (χ4v) is 4.21. The molecule has 1 aromatic heterocycles. The largest absolute Gasteiger partial charge is 0.302 e. The predicted octanol–water partition coefficient (Wildman–Crippen LogP) is 0.741. The van der Waals surface area contributed by atoms with Gasteiger partial charge in [-0.2, -0.15) is 9.40 Å². The third-order valence-electron chi connectivity index (χ3n) is 3.87. The molecule has 0 aliphatic carbocycles. The SMILES string of the molecule is Cc1n[nH]c(C)c1S(=O)(=O)N(C)CC1CCCN1C. The van der Waals surface area contributed by atoms with E-state index in [-0.39, 0.29) is 0 Å². The highest BCUT2D eigenvalue weighted by Crippen LogP contribution is 2.23. The molecule has 0 radical (unpaired) electrons. The van der Waals surface area contributed by atoms with Gasteiger partial charge in [0.1, 0.15) is 4.90 Å². The first-order chi connectivity index (χ1) is 8.84. The summed E-state index contributed by atoms with van der Waals surface area (Å²) in [6, 6.07) is 0.312. The van der Waals surface area contributed by atoms with Crippen LogP contribution >= 0.6 is 0 Å². The summed E-state index contributed by atoms with van der Waals surface area (Å²) in [5.74, 6) is 0. The minimum absolute atomic E-state index is 0.312. The zero-order chi connectivity index (χ0) is 14.2. The van der Waals surface area contributed by atoms with E-state index in [1.165, 1.54) is 4.31 Å². The number of aromatic nitrogens is 2. The molecule has 1 aliphatic heterocycles. The average molecular weight is 286 g/mol. The first kappa shape index (κ1) is 14.5. The molecule has 1 fully saturated rings. The maximum Gasteiger partial charge on any atom is 0.246 e. The lowest BCUT2D eigenvalue weighted by Crippen LogP contribution is -2.39. The predicted molar refractivity (Wildman–Crippen MR) is 73.5 cm³/mol. The van der Waals surface area contributed by atoms with Gasteiger partial charge in [-0.3, -0.25) is 5.10 Å². The van der Waals surface area contributed by atoms with Crippen molar-refractivity contribution in [3.05, 3.63) is 11.4 Å².